The molecule has 0 spiro atoms. The van der Waals surface area contributed by atoms with E-state index in [1.54, 1.807) is 12.1 Å². The molecular weight excluding hydrogens is 504 g/mol. The van der Waals surface area contributed by atoms with Crippen molar-refractivity contribution in [1.82, 2.24) is 9.80 Å². The highest BCUT2D eigenvalue weighted by Crippen LogP contribution is 2.60. The van der Waals surface area contributed by atoms with Gasteiger partial charge >= 0.3 is 12.0 Å². The minimum Gasteiger partial charge on any atom is -0.493 e. The molecule has 1 aromatic carbocycles. The van der Waals surface area contributed by atoms with E-state index in [0.717, 1.165) is 29.1 Å². The minimum atomic E-state index is -0.683. The van der Waals surface area contributed by atoms with Gasteiger partial charge in [0.15, 0.2) is 11.5 Å². The van der Waals surface area contributed by atoms with Crippen LogP contribution in [0.25, 0.3) is 6.08 Å². The molecule has 0 atom stereocenters. The molecule has 180 valence electrons. The Morgan fingerprint density at radius 1 is 1.00 bits per heavy atom. The maximum absolute atomic E-state index is 13.4. The molecule has 1 aliphatic heterocycles. The fourth-order valence-electron chi connectivity index (χ4n) is 6.63. The fraction of sp³-hybridized carbons (Fsp3) is 0.520. The van der Waals surface area contributed by atoms with Crippen LogP contribution in [0.15, 0.2) is 22.2 Å². The zero-order valence-corrected chi connectivity index (χ0v) is 21.0. The number of urea groups is 1. The average Bonchev–Trinajstić information content (AvgIpc) is 2.79. The SMILES string of the molecule is COc1cc(C=C2C(=O)N(C)C(=O)N(C)C2=O)cc(Br)c1OC(=O)C12CC3CC(CC(C3)C1)C2. The van der Waals surface area contributed by atoms with Crippen molar-refractivity contribution in [2.75, 3.05) is 21.2 Å². The quantitative estimate of drug-likeness (QED) is 0.252. The Morgan fingerprint density at radius 2 is 1.53 bits per heavy atom. The second kappa shape index (κ2) is 8.22. The second-order valence-electron chi connectivity index (χ2n) is 10.2. The van der Waals surface area contributed by atoms with Crippen LogP contribution in [0.3, 0.4) is 0 Å². The molecule has 4 amide bonds. The molecule has 0 radical (unpaired) electrons. The predicted octanol–water partition coefficient (Wildman–Crippen LogP) is 4.01. The van der Waals surface area contributed by atoms with Crippen LogP contribution in [0.5, 0.6) is 11.5 Å². The number of likely N-dealkylation sites (N-methyl/N-ethyl adjacent to an activating group) is 2. The van der Waals surface area contributed by atoms with E-state index in [0.29, 0.717) is 33.5 Å². The number of nitrogens with zero attached hydrogens (tertiary/aromatic N) is 2. The number of methoxy groups -OCH3 is 1. The number of esters is 1. The largest absolute Gasteiger partial charge is 0.493 e. The first-order valence-electron chi connectivity index (χ1n) is 11.5. The predicted molar refractivity (Wildman–Crippen MR) is 126 cm³/mol. The highest BCUT2D eigenvalue weighted by Gasteiger charge is 2.55. The number of carbonyl (C=O) groups is 4. The van der Waals surface area contributed by atoms with Gasteiger partial charge in [0.25, 0.3) is 11.8 Å². The third kappa shape index (κ3) is 3.65. The van der Waals surface area contributed by atoms with E-state index in [4.69, 9.17) is 9.47 Å². The minimum absolute atomic E-state index is 0.142. The fourth-order valence-corrected chi connectivity index (χ4v) is 7.17. The van der Waals surface area contributed by atoms with Crippen LogP contribution in [0, 0.1) is 23.2 Å². The average molecular weight is 531 g/mol. The normalized spacial score (nSPS) is 30.2. The van der Waals surface area contributed by atoms with Gasteiger partial charge in [-0.05, 0) is 96.0 Å². The molecule has 4 bridgehead atoms. The molecule has 8 nitrogen and oxygen atoms in total. The van der Waals surface area contributed by atoms with Crippen molar-refractivity contribution in [1.29, 1.82) is 0 Å². The molecule has 1 aromatic rings. The molecule has 9 heteroatoms. The number of hydrogen-bond acceptors (Lipinski definition) is 6. The first-order chi connectivity index (χ1) is 16.1. The number of halogens is 1. The van der Waals surface area contributed by atoms with E-state index in [-0.39, 0.29) is 17.3 Å². The van der Waals surface area contributed by atoms with Gasteiger partial charge in [-0.15, -0.1) is 0 Å². The zero-order valence-electron chi connectivity index (χ0n) is 19.4. The van der Waals surface area contributed by atoms with Crippen LogP contribution in [0.2, 0.25) is 0 Å². The number of benzene rings is 1. The van der Waals surface area contributed by atoms with Gasteiger partial charge in [-0.25, -0.2) is 4.79 Å². The topological polar surface area (TPSA) is 93.2 Å². The number of rotatable bonds is 4. The van der Waals surface area contributed by atoms with Crippen molar-refractivity contribution in [3.63, 3.8) is 0 Å². The molecule has 4 aliphatic carbocycles. The van der Waals surface area contributed by atoms with Crippen molar-refractivity contribution in [2.45, 2.75) is 38.5 Å². The van der Waals surface area contributed by atoms with Crippen molar-refractivity contribution in [3.05, 3.63) is 27.7 Å². The Morgan fingerprint density at radius 3 is 2.03 bits per heavy atom. The van der Waals surface area contributed by atoms with Gasteiger partial charge in [0.1, 0.15) is 5.57 Å². The van der Waals surface area contributed by atoms with Crippen molar-refractivity contribution in [2.24, 2.45) is 23.2 Å². The number of carbonyl (C=O) groups excluding carboxylic acids is 4. The van der Waals surface area contributed by atoms with Crippen LogP contribution in [0.1, 0.15) is 44.1 Å². The van der Waals surface area contributed by atoms with E-state index in [1.165, 1.54) is 46.5 Å². The van der Waals surface area contributed by atoms with Gasteiger partial charge < -0.3 is 9.47 Å². The summed E-state index contributed by atoms with van der Waals surface area (Å²) in [6, 6.07) is 2.59. The monoisotopic (exact) mass is 530 g/mol. The van der Waals surface area contributed by atoms with E-state index >= 15 is 0 Å². The Labute approximate surface area is 206 Å². The van der Waals surface area contributed by atoms with E-state index in [2.05, 4.69) is 15.9 Å². The van der Waals surface area contributed by atoms with E-state index in [1.807, 2.05) is 0 Å². The highest BCUT2D eigenvalue weighted by atomic mass is 79.9. The Kier molecular flexibility index (Phi) is 5.58. The molecule has 0 aromatic heterocycles. The maximum Gasteiger partial charge on any atom is 0.333 e. The van der Waals surface area contributed by atoms with Crippen molar-refractivity contribution < 1.29 is 28.7 Å². The van der Waals surface area contributed by atoms with E-state index in [9.17, 15) is 19.2 Å². The Balaban J connectivity index is 1.43. The summed E-state index contributed by atoms with van der Waals surface area (Å²) in [6.07, 6.45) is 7.79. The van der Waals surface area contributed by atoms with Gasteiger partial charge in [-0.1, -0.05) is 0 Å². The molecule has 1 heterocycles. The summed E-state index contributed by atoms with van der Waals surface area (Å²) in [5, 5.41) is 0. The summed E-state index contributed by atoms with van der Waals surface area (Å²) in [5.74, 6) is 0.895. The summed E-state index contributed by atoms with van der Waals surface area (Å²) in [4.78, 5) is 52.3. The first-order valence-corrected chi connectivity index (χ1v) is 12.3. The zero-order chi connectivity index (χ0) is 24.4. The van der Waals surface area contributed by atoms with Gasteiger partial charge in [0.2, 0.25) is 0 Å². The summed E-state index contributed by atoms with van der Waals surface area (Å²) in [5.41, 5.74) is -0.0642. The standard InChI is InChI=1S/C25H27BrN2O6/c1-27-21(29)17(22(30)28(2)24(27)32)7-13-8-18(26)20(19(9-13)33-3)34-23(31)25-10-14-4-15(11-25)6-16(5-14)12-25/h7-9,14-16H,4-6,10-12H2,1-3H3. The molecule has 5 aliphatic rings. The summed E-state index contributed by atoms with van der Waals surface area (Å²) in [6.45, 7) is 0. The Bertz CT molecular complexity index is 1080. The van der Waals surface area contributed by atoms with E-state index < -0.39 is 23.3 Å². The lowest BCUT2D eigenvalue weighted by molar-refractivity contribution is -0.161. The summed E-state index contributed by atoms with van der Waals surface area (Å²) < 4.78 is 11.9. The molecule has 6 rings (SSSR count). The summed E-state index contributed by atoms with van der Waals surface area (Å²) >= 11 is 3.47. The van der Waals surface area contributed by atoms with Gasteiger partial charge in [-0.2, -0.15) is 0 Å². The molecule has 4 saturated carbocycles. The van der Waals surface area contributed by atoms with Crippen molar-refractivity contribution >= 4 is 45.8 Å². The highest BCUT2D eigenvalue weighted by molar-refractivity contribution is 9.10. The lowest BCUT2D eigenvalue weighted by atomic mass is 9.49. The van der Waals surface area contributed by atoms with Crippen LogP contribution in [-0.4, -0.2) is 54.8 Å². The van der Waals surface area contributed by atoms with Crippen LogP contribution in [-0.2, 0) is 14.4 Å². The van der Waals surface area contributed by atoms with Gasteiger partial charge in [0.05, 0.1) is 17.0 Å². The lowest BCUT2D eigenvalue weighted by Gasteiger charge is -2.55. The maximum atomic E-state index is 13.4. The number of amides is 4. The molecule has 0 N–H and O–H groups in total. The third-order valence-electron chi connectivity index (χ3n) is 7.87. The van der Waals surface area contributed by atoms with Gasteiger partial charge in [0, 0.05) is 14.1 Å². The number of barbiturate groups is 1. The molecule has 1 saturated heterocycles. The van der Waals surface area contributed by atoms with Crippen molar-refractivity contribution in [3.8, 4) is 11.5 Å². The van der Waals surface area contributed by atoms with Gasteiger partial charge in [-0.3, -0.25) is 24.2 Å². The smallest absolute Gasteiger partial charge is 0.333 e. The van der Waals surface area contributed by atoms with Crippen LogP contribution in [0.4, 0.5) is 4.79 Å². The molecule has 34 heavy (non-hydrogen) atoms. The van der Waals surface area contributed by atoms with Crippen LogP contribution >= 0.6 is 15.9 Å². The third-order valence-corrected chi connectivity index (χ3v) is 8.46. The Hall–Kier alpha value is -2.68. The number of hydrogen-bond donors (Lipinski definition) is 0. The second-order valence-corrected chi connectivity index (χ2v) is 11.0. The number of ether oxygens (including phenoxy) is 2. The lowest BCUT2D eigenvalue weighted by Crippen LogP contribution is -2.52. The first kappa shape index (κ1) is 23.1. The summed E-state index contributed by atoms with van der Waals surface area (Å²) in [7, 11) is 4.12. The number of imide groups is 2. The molecule has 0 unspecified atom stereocenters. The molecule has 5 fully saturated rings. The van der Waals surface area contributed by atoms with Crippen LogP contribution < -0.4 is 9.47 Å². The molecular formula is C25H27BrN2O6.